The molecule has 0 aliphatic rings. The van der Waals surface area contributed by atoms with E-state index in [0.29, 0.717) is 13.1 Å². The lowest BCUT2D eigenvalue weighted by Crippen LogP contribution is -2.12. The van der Waals surface area contributed by atoms with Crippen molar-refractivity contribution < 1.29 is 23.1 Å². The van der Waals surface area contributed by atoms with Crippen LogP contribution in [0, 0.1) is 0 Å². The summed E-state index contributed by atoms with van der Waals surface area (Å²) in [5.41, 5.74) is 0.306. The van der Waals surface area contributed by atoms with Gasteiger partial charge in [0.05, 0.1) is 11.1 Å². The van der Waals surface area contributed by atoms with Crippen molar-refractivity contribution in [1.82, 2.24) is 5.32 Å². The van der Waals surface area contributed by atoms with E-state index in [4.69, 9.17) is 5.11 Å². The first-order valence-corrected chi connectivity index (χ1v) is 6.92. The summed E-state index contributed by atoms with van der Waals surface area (Å²) < 4.78 is 37.2. The number of hydrogen-bond donors (Lipinski definition) is 2. The largest absolute Gasteiger partial charge is 0.478 e. The van der Waals surface area contributed by atoms with Crippen LogP contribution in [0.2, 0.25) is 0 Å². The predicted octanol–water partition coefficient (Wildman–Crippen LogP) is 3.75. The Labute approximate surface area is 123 Å². The Hall–Kier alpha value is -1.86. The molecule has 0 aliphatic heterocycles. The number of hydrogen-bond acceptors (Lipinski definition) is 3. The summed E-state index contributed by atoms with van der Waals surface area (Å²) in [7, 11) is 0. The van der Waals surface area contributed by atoms with Gasteiger partial charge in [0.25, 0.3) is 0 Å². The van der Waals surface area contributed by atoms with Gasteiger partial charge in [-0.1, -0.05) is 12.1 Å². The molecule has 0 atom stereocenters. The monoisotopic (exact) mass is 315 g/mol. The SMILES string of the molecule is O=C(O)c1csc(CNCc2ccc(C(F)(F)F)cc2)c1. The molecule has 112 valence electrons. The van der Waals surface area contributed by atoms with E-state index < -0.39 is 17.7 Å². The summed E-state index contributed by atoms with van der Waals surface area (Å²) in [5, 5.41) is 13.4. The van der Waals surface area contributed by atoms with Gasteiger partial charge in [0.1, 0.15) is 0 Å². The summed E-state index contributed by atoms with van der Waals surface area (Å²) in [6.07, 6.45) is -4.32. The Bertz CT molecular complexity index is 620. The zero-order chi connectivity index (χ0) is 15.5. The maximum atomic E-state index is 12.4. The Morgan fingerprint density at radius 3 is 2.38 bits per heavy atom. The summed E-state index contributed by atoms with van der Waals surface area (Å²) in [6.45, 7) is 0.886. The second-order valence-corrected chi connectivity index (χ2v) is 5.40. The molecule has 0 bridgehead atoms. The van der Waals surface area contributed by atoms with Crippen molar-refractivity contribution in [3.05, 3.63) is 57.3 Å². The number of halogens is 3. The maximum Gasteiger partial charge on any atom is 0.416 e. The Balaban J connectivity index is 1.87. The molecule has 2 rings (SSSR count). The number of alkyl halides is 3. The number of rotatable bonds is 5. The quantitative estimate of drug-likeness (QED) is 0.883. The normalized spacial score (nSPS) is 11.6. The van der Waals surface area contributed by atoms with Crippen LogP contribution in [0.4, 0.5) is 13.2 Å². The summed E-state index contributed by atoms with van der Waals surface area (Å²) in [5.74, 6) is -0.972. The van der Waals surface area contributed by atoms with Crippen molar-refractivity contribution in [3.63, 3.8) is 0 Å². The van der Waals surface area contributed by atoms with Crippen LogP contribution >= 0.6 is 11.3 Å². The molecule has 3 nitrogen and oxygen atoms in total. The van der Waals surface area contributed by atoms with Crippen LogP contribution in [-0.2, 0) is 19.3 Å². The molecule has 0 spiro atoms. The number of carbonyl (C=O) groups is 1. The molecule has 0 saturated heterocycles. The number of carboxylic acids is 1. The van der Waals surface area contributed by atoms with Crippen molar-refractivity contribution in [3.8, 4) is 0 Å². The first-order valence-electron chi connectivity index (χ1n) is 6.04. The highest BCUT2D eigenvalue weighted by molar-refractivity contribution is 7.10. The number of nitrogens with one attached hydrogen (secondary N) is 1. The van der Waals surface area contributed by atoms with Crippen LogP contribution in [0.25, 0.3) is 0 Å². The van der Waals surface area contributed by atoms with Gasteiger partial charge < -0.3 is 10.4 Å². The minimum atomic E-state index is -4.32. The molecular formula is C14H12F3NO2S. The van der Waals surface area contributed by atoms with E-state index in [1.165, 1.54) is 23.5 Å². The first-order chi connectivity index (χ1) is 9.86. The van der Waals surface area contributed by atoms with Crippen molar-refractivity contribution in [2.75, 3.05) is 0 Å². The average Bonchev–Trinajstić information content (AvgIpc) is 2.87. The molecule has 1 aromatic heterocycles. The van der Waals surface area contributed by atoms with Crippen molar-refractivity contribution in [2.45, 2.75) is 19.3 Å². The van der Waals surface area contributed by atoms with Gasteiger partial charge in [-0.3, -0.25) is 0 Å². The topological polar surface area (TPSA) is 49.3 Å². The predicted molar refractivity (Wildman–Crippen MR) is 73.3 cm³/mol. The minimum Gasteiger partial charge on any atom is -0.478 e. The molecule has 0 aliphatic carbocycles. The standard InChI is InChI=1S/C14H12F3NO2S/c15-14(16,17)11-3-1-9(2-4-11)6-18-7-12-5-10(8-21-12)13(19)20/h1-5,8,18H,6-7H2,(H,19,20). The molecule has 0 unspecified atom stereocenters. The average molecular weight is 315 g/mol. The molecule has 0 fully saturated rings. The second kappa shape index (κ2) is 6.28. The smallest absolute Gasteiger partial charge is 0.416 e. The summed E-state index contributed by atoms with van der Waals surface area (Å²) in [6, 6.07) is 6.52. The molecule has 0 saturated carbocycles. The molecule has 2 N–H and O–H groups in total. The van der Waals surface area contributed by atoms with Gasteiger partial charge in [-0.15, -0.1) is 11.3 Å². The second-order valence-electron chi connectivity index (χ2n) is 4.41. The fourth-order valence-corrected chi connectivity index (χ4v) is 2.55. The third kappa shape index (κ3) is 4.30. The van der Waals surface area contributed by atoms with E-state index in [2.05, 4.69) is 5.32 Å². The number of thiophene rings is 1. The van der Waals surface area contributed by atoms with Gasteiger partial charge in [0, 0.05) is 23.3 Å². The van der Waals surface area contributed by atoms with Gasteiger partial charge >= 0.3 is 12.1 Å². The summed E-state index contributed by atoms with van der Waals surface area (Å²) >= 11 is 1.33. The van der Waals surface area contributed by atoms with E-state index >= 15 is 0 Å². The third-order valence-electron chi connectivity index (χ3n) is 2.81. The van der Waals surface area contributed by atoms with E-state index in [-0.39, 0.29) is 5.56 Å². The van der Waals surface area contributed by atoms with E-state index in [0.717, 1.165) is 22.6 Å². The highest BCUT2D eigenvalue weighted by Gasteiger charge is 2.29. The van der Waals surface area contributed by atoms with Crippen LogP contribution in [0.3, 0.4) is 0 Å². The molecule has 1 aromatic carbocycles. The van der Waals surface area contributed by atoms with Crippen LogP contribution in [-0.4, -0.2) is 11.1 Å². The molecule has 1 heterocycles. The van der Waals surface area contributed by atoms with Gasteiger partial charge in [0.15, 0.2) is 0 Å². The van der Waals surface area contributed by atoms with Gasteiger partial charge in [0.2, 0.25) is 0 Å². The highest BCUT2D eigenvalue weighted by Crippen LogP contribution is 2.29. The Kier molecular flexibility index (Phi) is 4.64. The number of carboxylic acid groups (broad SMARTS) is 1. The van der Waals surface area contributed by atoms with Crippen LogP contribution in [0.15, 0.2) is 35.7 Å². The zero-order valence-electron chi connectivity index (χ0n) is 10.8. The number of aromatic carboxylic acids is 1. The number of benzene rings is 1. The summed E-state index contributed by atoms with van der Waals surface area (Å²) in [4.78, 5) is 11.6. The van der Waals surface area contributed by atoms with Crippen LogP contribution in [0.1, 0.15) is 26.4 Å². The van der Waals surface area contributed by atoms with Gasteiger partial charge in [-0.2, -0.15) is 13.2 Å². The lowest BCUT2D eigenvalue weighted by molar-refractivity contribution is -0.137. The molecule has 2 aromatic rings. The highest BCUT2D eigenvalue weighted by atomic mass is 32.1. The fourth-order valence-electron chi connectivity index (χ4n) is 1.73. The molecular weight excluding hydrogens is 303 g/mol. The van der Waals surface area contributed by atoms with Gasteiger partial charge in [-0.05, 0) is 23.8 Å². The van der Waals surface area contributed by atoms with Crippen molar-refractivity contribution in [1.29, 1.82) is 0 Å². The van der Waals surface area contributed by atoms with Crippen molar-refractivity contribution >= 4 is 17.3 Å². The van der Waals surface area contributed by atoms with E-state index in [1.807, 2.05) is 0 Å². The lowest BCUT2D eigenvalue weighted by atomic mass is 10.1. The minimum absolute atomic E-state index is 0.242. The zero-order valence-corrected chi connectivity index (χ0v) is 11.6. The third-order valence-corrected chi connectivity index (χ3v) is 3.75. The Morgan fingerprint density at radius 2 is 1.86 bits per heavy atom. The molecule has 7 heteroatoms. The molecule has 0 radical (unpaired) electrons. The maximum absolute atomic E-state index is 12.4. The molecule has 21 heavy (non-hydrogen) atoms. The first kappa shape index (κ1) is 15.5. The fraction of sp³-hybridized carbons (Fsp3) is 0.214. The Morgan fingerprint density at radius 1 is 1.19 bits per heavy atom. The van der Waals surface area contributed by atoms with Crippen molar-refractivity contribution in [2.24, 2.45) is 0 Å². The van der Waals surface area contributed by atoms with Crippen LogP contribution < -0.4 is 5.32 Å². The van der Waals surface area contributed by atoms with E-state index in [1.54, 1.807) is 11.4 Å². The lowest BCUT2D eigenvalue weighted by Gasteiger charge is -2.08. The van der Waals surface area contributed by atoms with E-state index in [9.17, 15) is 18.0 Å². The molecule has 0 amide bonds. The van der Waals surface area contributed by atoms with Gasteiger partial charge in [-0.25, -0.2) is 4.79 Å². The van der Waals surface area contributed by atoms with Crippen LogP contribution in [0.5, 0.6) is 0 Å².